The molecule has 0 radical (unpaired) electrons. The Bertz CT molecular complexity index is 649. The normalized spacial score (nSPS) is 11.1. The minimum Gasteiger partial charge on any atom is -0.159 e. The summed E-state index contributed by atoms with van der Waals surface area (Å²) in [4.78, 5) is 0. The largest absolute Gasteiger partial charge is 0.159 e. The summed E-state index contributed by atoms with van der Waals surface area (Å²) in [6.45, 7) is 6.85. The fourth-order valence-electron chi connectivity index (χ4n) is 3.94. The molecule has 0 bridgehead atoms. The number of hydrogen-bond acceptors (Lipinski definition) is 2. The van der Waals surface area contributed by atoms with Crippen molar-refractivity contribution in [3.05, 3.63) is 47.2 Å². The molecule has 1 heterocycles. The maximum atomic E-state index is 4.35. The molecule has 1 aromatic carbocycles. The van der Waals surface area contributed by atoms with E-state index < -0.39 is 0 Å². The van der Waals surface area contributed by atoms with Crippen molar-refractivity contribution in [2.24, 2.45) is 0 Å². The Kier molecular flexibility index (Phi) is 10.1. The lowest BCUT2D eigenvalue weighted by Gasteiger charge is -2.16. The van der Waals surface area contributed by atoms with Crippen molar-refractivity contribution >= 4 is 0 Å². The van der Waals surface area contributed by atoms with Crippen molar-refractivity contribution in [3.63, 3.8) is 0 Å². The topological polar surface area (TPSA) is 25.8 Å². The molecule has 27 heavy (non-hydrogen) atoms. The van der Waals surface area contributed by atoms with Gasteiger partial charge in [-0.1, -0.05) is 77.3 Å². The minimum atomic E-state index is 0.997. The average Bonchev–Trinajstić information content (AvgIpc) is 2.70. The number of hydrogen-bond donors (Lipinski definition) is 0. The lowest BCUT2D eigenvalue weighted by molar-refractivity contribution is 0.604. The van der Waals surface area contributed by atoms with Gasteiger partial charge in [-0.15, -0.1) is 0 Å². The Labute approximate surface area is 166 Å². The van der Waals surface area contributed by atoms with Crippen molar-refractivity contribution in [1.82, 2.24) is 10.2 Å². The molecular weight excluding hydrogens is 328 g/mol. The van der Waals surface area contributed by atoms with Crippen molar-refractivity contribution in [2.75, 3.05) is 0 Å². The molecule has 0 amide bonds. The summed E-state index contributed by atoms with van der Waals surface area (Å²) in [7, 11) is 0. The van der Waals surface area contributed by atoms with Crippen LogP contribution in [0.4, 0.5) is 0 Å². The van der Waals surface area contributed by atoms with Gasteiger partial charge in [0.1, 0.15) is 0 Å². The molecule has 0 saturated carbocycles. The zero-order chi connectivity index (χ0) is 19.3. The van der Waals surface area contributed by atoms with E-state index in [0.717, 1.165) is 5.69 Å². The van der Waals surface area contributed by atoms with E-state index in [2.05, 4.69) is 49.2 Å². The molecule has 0 unspecified atom stereocenters. The van der Waals surface area contributed by atoms with Gasteiger partial charge in [-0.3, -0.25) is 0 Å². The van der Waals surface area contributed by atoms with Crippen molar-refractivity contribution in [1.29, 1.82) is 0 Å². The zero-order valence-corrected chi connectivity index (χ0v) is 17.8. The molecule has 2 nitrogen and oxygen atoms in total. The van der Waals surface area contributed by atoms with E-state index in [-0.39, 0.29) is 0 Å². The lowest BCUT2D eigenvalue weighted by atomic mass is 9.89. The third kappa shape index (κ3) is 7.08. The highest BCUT2D eigenvalue weighted by molar-refractivity contribution is 5.65. The number of aryl methyl sites for hydroxylation is 1. The molecule has 0 aliphatic rings. The second kappa shape index (κ2) is 12.6. The van der Waals surface area contributed by atoms with Gasteiger partial charge in [-0.25, -0.2) is 0 Å². The first kappa shape index (κ1) is 21.6. The quantitative estimate of drug-likeness (QED) is 0.343. The highest BCUT2D eigenvalue weighted by Gasteiger charge is 2.12. The first-order chi connectivity index (χ1) is 13.3. The molecule has 148 valence electrons. The van der Waals surface area contributed by atoms with Crippen LogP contribution in [-0.4, -0.2) is 10.2 Å². The molecule has 0 fully saturated rings. The predicted molar refractivity (Wildman–Crippen MR) is 117 cm³/mol. The van der Waals surface area contributed by atoms with Gasteiger partial charge in [0.25, 0.3) is 0 Å². The molecule has 0 atom stereocenters. The van der Waals surface area contributed by atoms with Crippen LogP contribution in [0.5, 0.6) is 0 Å². The average molecular weight is 367 g/mol. The van der Waals surface area contributed by atoms with Crippen molar-refractivity contribution < 1.29 is 0 Å². The Morgan fingerprint density at radius 1 is 0.741 bits per heavy atom. The standard InChI is InChI=1S/C25H38N2/c1-4-6-8-10-11-13-16-23-21(3)24(25-17-14-20-26-27-25)19-18-22(23)15-12-9-7-5-2/h14,17-20H,4-13,15-16H2,1-3H3. The van der Waals surface area contributed by atoms with Gasteiger partial charge >= 0.3 is 0 Å². The van der Waals surface area contributed by atoms with Crippen LogP contribution < -0.4 is 0 Å². The molecule has 0 saturated heterocycles. The monoisotopic (exact) mass is 366 g/mol. The van der Waals surface area contributed by atoms with E-state index in [4.69, 9.17) is 0 Å². The molecule has 2 aromatic rings. The lowest BCUT2D eigenvalue weighted by Crippen LogP contribution is -2.02. The van der Waals surface area contributed by atoms with E-state index in [1.54, 1.807) is 17.3 Å². The molecule has 0 spiro atoms. The smallest absolute Gasteiger partial charge is 0.0932 e. The van der Waals surface area contributed by atoms with Crippen LogP contribution >= 0.6 is 0 Å². The third-order valence-corrected chi connectivity index (χ3v) is 5.62. The highest BCUT2D eigenvalue weighted by atomic mass is 15.1. The van der Waals surface area contributed by atoms with Gasteiger partial charge in [-0.05, 0) is 61.4 Å². The van der Waals surface area contributed by atoms with Gasteiger partial charge < -0.3 is 0 Å². The summed E-state index contributed by atoms with van der Waals surface area (Å²) in [6.07, 6.45) is 17.6. The van der Waals surface area contributed by atoms with E-state index in [1.165, 1.54) is 88.2 Å². The summed E-state index contributed by atoms with van der Waals surface area (Å²) in [5.41, 5.74) is 6.80. The Balaban J connectivity index is 2.11. The maximum Gasteiger partial charge on any atom is 0.0932 e. The third-order valence-electron chi connectivity index (χ3n) is 5.62. The van der Waals surface area contributed by atoms with E-state index >= 15 is 0 Å². The molecule has 0 aliphatic carbocycles. The number of aromatic nitrogens is 2. The van der Waals surface area contributed by atoms with Gasteiger partial charge in [0, 0.05) is 11.8 Å². The molecular formula is C25H38N2. The first-order valence-corrected chi connectivity index (χ1v) is 11.2. The van der Waals surface area contributed by atoms with Crippen LogP contribution in [0.1, 0.15) is 94.7 Å². The second-order valence-corrected chi connectivity index (χ2v) is 7.81. The van der Waals surface area contributed by atoms with Crippen molar-refractivity contribution in [3.8, 4) is 11.3 Å². The number of unbranched alkanes of at least 4 members (excludes halogenated alkanes) is 8. The van der Waals surface area contributed by atoms with Crippen LogP contribution in [0.2, 0.25) is 0 Å². The highest BCUT2D eigenvalue weighted by Crippen LogP contribution is 2.29. The second-order valence-electron chi connectivity index (χ2n) is 7.81. The molecule has 0 aliphatic heterocycles. The number of rotatable bonds is 13. The summed E-state index contributed by atoms with van der Waals surface area (Å²) in [5, 5.41) is 8.43. The maximum absolute atomic E-state index is 4.35. The fraction of sp³-hybridized carbons (Fsp3) is 0.600. The first-order valence-electron chi connectivity index (χ1n) is 11.2. The summed E-state index contributed by atoms with van der Waals surface area (Å²) < 4.78 is 0. The van der Waals surface area contributed by atoms with Gasteiger partial charge in [0.2, 0.25) is 0 Å². The van der Waals surface area contributed by atoms with Gasteiger partial charge in [-0.2, -0.15) is 10.2 Å². The van der Waals surface area contributed by atoms with Crippen LogP contribution in [0.15, 0.2) is 30.5 Å². The van der Waals surface area contributed by atoms with Crippen LogP contribution in [0.25, 0.3) is 11.3 Å². The van der Waals surface area contributed by atoms with Crippen molar-refractivity contribution in [2.45, 2.75) is 97.8 Å². The van der Waals surface area contributed by atoms with Crippen LogP contribution in [0.3, 0.4) is 0 Å². The summed E-state index contributed by atoms with van der Waals surface area (Å²) >= 11 is 0. The molecule has 2 rings (SSSR count). The van der Waals surface area contributed by atoms with Gasteiger partial charge in [0.15, 0.2) is 0 Å². The Morgan fingerprint density at radius 2 is 1.41 bits per heavy atom. The predicted octanol–water partition coefficient (Wildman–Crippen LogP) is 7.48. The zero-order valence-electron chi connectivity index (χ0n) is 17.8. The number of nitrogens with zero attached hydrogens (tertiary/aromatic N) is 2. The molecule has 0 N–H and O–H groups in total. The van der Waals surface area contributed by atoms with Gasteiger partial charge in [0.05, 0.1) is 5.69 Å². The van der Waals surface area contributed by atoms with E-state index in [0.29, 0.717) is 0 Å². The minimum absolute atomic E-state index is 0.997. The summed E-state index contributed by atoms with van der Waals surface area (Å²) in [6, 6.07) is 8.67. The SMILES string of the molecule is CCCCCCCCc1c(CCCCCC)ccc(-c2cccnn2)c1C. The Hall–Kier alpha value is -1.70. The van der Waals surface area contributed by atoms with E-state index in [9.17, 15) is 0 Å². The van der Waals surface area contributed by atoms with Crippen LogP contribution in [0, 0.1) is 6.92 Å². The van der Waals surface area contributed by atoms with E-state index in [1.807, 2.05) is 6.07 Å². The molecule has 2 heteroatoms. The summed E-state index contributed by atoms with van der Waals surface area (Å²) in [5.74, 6) is 0. The molecule has 1 aromatic heterocycles. The van der Waals surface area contributed by atoms with Crippen LogP contribution in [-0.2, 0) is 12.8 Å². The fourth-order valence-corrected chi connectivity index (χ4v) is 3.94. The Morgan fingerprint density at radius 3 is 2.11 bits per heavy atom. The number of benzene rings is 1.